The highest BCUT2D eigenvalue weighted by atomic mass is 16.5. The Kier molecular flexibility index (Phi) is 4.34. The van der Waals surface area contributed by atoms with E-state index in [9.17, 15) is 5.11 Å². The first-order valence-corrected chi connectivity index (χ1v) is 5.77. The van der Waals surface area contributed by atoms with Crippen LogP contribution < -0.4 is 0 Å². The molecule has 0 radical (unpaired) electrons. The van der Waals surface area contributed by atoms with Crippen LogP contribution in [0.4, 0.5) is 0 Å². The number of aliphatic hydroxyl groups is 1. The van der Waals surface area contributed by atoms with E-state index in [1.807, 2.05) is 18.2 Å². The quantitative estimate of drug-likeness (QED) is 0.836. The molecule has 1 N–H and O–H groups in total. The molecule has 1 aliphatic rings. The monoisotopic (exact) mass is 222 g/mol. The number of hydrogen-bond acceptors (Lipinski definition) is 3. The first-order valence-electron chi connectivity index (χ1n) is 5.77. The second-order valence-electron chi connectivity index (χ2n) is 4.08. The summed E-state index contributed by atoms with van der Waals surface area (Å²) in [6.07, 6.45) is 1.16. The maximum Gasteiger partial charge on any atom is 0.103 e. The fourth-order valence-corrected chi connectivity index (χ4v) is 1.87. The lowest BCUT2D eigenvalue weighted by Crippen LogP contribution is -2.38. The zero-order valence-corrected chi connectivity index (χ0v) is 9.34. The van der Waals surface area contributed by atoms with E-state index < -0.39 is 6.10 Å². The molecule has 0 bridgehead atoms. The molecule has 2 atom stereocenters. The molecule has 0 spiro atoms. The van der Waals surface area contributed by atoms with Gasteiger partial charge in [0, 0.05) is 6.61 Å². The lowest BCUT2D eigenvalue weighted by molar-refractivity contribution is -0.113. The van der Waals surface area contributed by atoms with Gasteiger partial charge < -0.3 is 14.6 Å². The van der Waals surface area contributed by atoms with Crippen LogP contribution >= 0.6 is 0 Å². The molecule has 1 heterocycles. The predicted molar refractivity (Wildman–Crippen MR) is 61.3 cm³/mol. The molecule has 1 aliphatic heterocycles. The molecule has 88 valence electrons. The van der Waals surface area contributed by atoms with Gasteiger partial charge in [-0.15, -0.1) is 0 Å². The van der Waals surface area contributed by atoms with Gasteiger partial charge >= 0.3 is 0 Å². The molecule has 1 saturated heterocycles. The summed E-state index contributed by atoms with van der Waals surface area (Å²) in [6.45, 7) is 1.74. The van der Waals surface area contributed by atoms with Gasteiger partial charge in [-0.1, -0.05) is 30.3 Å². The van der Waals surface area contributed by atoms with Crippen LogP contribution in [0.1, 0.15) is 12.0 Å². The fourth-order valence-electron chi connectivity index (χ4n) is 1.87. The normalized spacial score (nSPS) is 25.6. The molecule has 0 aromatic heterocycles. The zero-order chi connectivity index (χ0) is 11.2. The van der Waals surface area contributed by atoms with E-state index in [0.717, 1.165) is 12.8 Å². The van der Waals surface area contributed by atoms with Crippen molar-refractivity contribution in [2.45, 2.75) is 25.0 Å². The van der Waals surface area contributed by atoms with E-state index >= 15 is 0 Å². The lowest BCUT2D eigenvalue weighted by atomic mass is 10.1. The van der Waals surface area contributed by atoms with Gasteiger partial charge in [-0.3, -0.25) is 0 Å². The standard InChI is InChI=1S/C13H18O3/c14-12-10-15-8-7-13(12)16-9-6-11-4-2-1-3-5-11/h1-5,12-14H,6-10H2. The van der Waals surface area contributed by atoms with Crippen molar-refractivity contribution in [1.82, 2.24) is 0 Å². The Morgan fingerprint density at radius 3 is 2.88 bits per heavy atom. The smallest absolute Gasteiger partial charge is 0.103 e. The van der Waals surface area contributed by atoms with Crippen LogP contribution in [0.3, 0.4) is 0 Å². The Morgan fingerprint density at radius 1 is 1.31 bits per heavy atom. The van der Waals surface area contributed by atoms with Crippen LogP contribution in [0.5, 0.6) is 0 Å². The molecule has 1 aromatic carbocycles. The Morgan fingerprint density at radius 2 is 2.12 bits per heavy atom. The zero-order valence-electron chi connectivity index (χ0n) is 9.34. The van der Waals surface area contributed by atoms with Gasteiger partial charge in [0.1, 0.15) is 6.10 Å². The topological polar surface area (TPSA) is 38.7 Å². The van der Waals surface area contributed by atoms with Crippen LogP contribution in [0.15, 0.2) is 30.3 Å². The number of hydrogen-bond donors (Lipinski definition) is 1. The SMILES string of the molecule is OC1COCCC1OCCc1ccccc1. The van der Waals surface area contributed by atoms with Crippen molar-refractivity contribution in [2.24, 2.45) is 0 Å². The molecule has 2 unspecified atom stereocenters. The summed E-state index contributed by atoms with van der Waals surface area (Å²) < 4.78 is 10.8. The number of ether oxygens (including phenoxy) is 2. The van der Waals surface area contributed by atoms with Crippen LogP contribution in [-0.2, 0) is 15.9 Å². The molecular formula is C13H18O3. The molecule has 0 amide bonds. The molecular weight excluding hydrogens is 204 g/mol. The highest BCUT2D eigenvalue weighted by Gasteiger charge is 2.23. The molecule has 16 heavy (non-hydrogen) atoms. The van der Waals surface area contributed by atoms with E-state index in [4.69, 9.17) is 9.47 Å². The van der Waals surface area contributed by atoms with Crippen molar-refractivity contribution < 1.29 is 14.6 Å². The Hall–Kier alpha value is -0.900. The first-order chi connectivity index (χ1) is 7.86. The molecule has 0 saturated carbocycles. The molecule has 3 nitrogen and oxygen atoms in total. The van der Waals surface area contributed by atoms with Gasteiger partial charge in [-0.05, 0) is 18.4 Å². The summed E-state index contributed by atoms with van der Waals surface area (Å²) in [5, 5.41) is 9.62. The van der Waals surface area contributed by atoms with Gasteiger partial charge in [0.15, 0.2) is 0 Å². The van der Waals surface area contributed by atoms with Crippen LogP contribution in [0, 0.1) is 0 Å². The summed E-state index contributed by atoms with van der Waals surface area (Å²) in [5.74, 6) is 0. The van der Waals surface area contributed by atoms with Crippen molar-refractivity contribution in [3.8, 4) is 0 Å². The van der Waals surface area contributed by atoms with Crippen LogP contribution in [-0.4, -0.2) is 37.1 Å². The molecule has 2 rings (SSSR count). The Bertz CT molecular complexity index is 299. The maximum atomic E-state index is 9.62. The number of rotatable bonds is 4. The average molecular weight is 222 g/mol. The number of aliphatic hydroxyl groups excluding tert-OH is 1. The predicted octanol–water partition coefficient (Wildman–Crippen LogP) is 1.40. The van der Waals surface area contributed by atoms with Crippen molar-refractivity contribution in [3.63, 3.8) is 0 Å². The minimum absolute atomic E-state index is 0.0579. The van der Waals surface area contributed by atoms with E-state index in [2.05, 4.69) is 12.1 Å². The van der Waals surface area contributed by atoms with Gasteiger partial charge in [-0.2, -0.15) is 0 Å². The summed E-state index contributed by atoms with van der Waals surface area (Å²) in [4.78, 5) is 0. The van der Waals surface area contributed by atoms with Gasteiger partial charge in [0.05, 0.1) is 19.3 Å². The summed E-state index contributed by atoms with van der Waals surface area (Å²) in [6, 6.07) is 10.2. The van der Waals surface area contributed by atoms with Crippen molar-refractivity contribution in [1.29, 1.82) is 0 Å². The van der Waals surface area contributed by atoms with Crippen LogP contribution in [0.2, 0.25) is 0 Å². The Balaban J connectivity index is 1.71. The van der Waals surface area contributed by atoms with E-state index in [1.165, 1.54) is 5.56 Å². The fraction of sp³-hybridized carbons (Fsp3) is 0.538. The van der Waals surface area contributed by atoms with Gasteiger partial charge in [-0.25, -0.2) is 0 Å². The highest BCUT2D eigenvalue weighted by molar-refractivity contribution is 5.14. The van der Waals surface area contributed by atoms with Crippen molar-refractivity contribution >= 4 is 0 Å². The number of benzene rings is 1. The van der Waals surface area contributed by atoms with E-state index in [1.54, 1.807) is 0 Å². The third-order valence-corrected chi connectivity index (χ3v) is 2.83. The minimum Gasteiger partial charge on any atom is -0.388 e. The summed E-state index contributed by atoms with van der Waals surface area (Å²) in [7, 11) is 0. The second-order valence-corrected chi connectivity index (χ2v) is 4.08. The maximum absolute atomic E-state index is 9.62. The van der Waals surface area contributed by atoms with E-state index in [-0.39, 0.29) is 6.10 Å². The third-order valence-electron chi connectivity index (χ3n) is 2.83. The second kappa shape index (κ2) is 5.99. The lowest BCUT2D eigenvalue weighted by Gasteiger charge is -2.27. The highest BCUT2D eigenvalue weighted by Crippen LogP contribution is 2.12. The van der Waals surface area contributed by atoms with Gasteiger partial charge in [0.2, 0.25) is 0 Å². The third kappa shape index (κ3) is 3.30. The van der Waals surface area contributed by atoms with Crippen molar-refractivity contribution in [3.05, 3.63) is 35.9 Å². The molecule has 3 heteroatoms. The molecule has 1 aromatic rings. The van der Waals surface area contributed by atoms with Crippen molar-refractivity contribution in [2.75, 3.05) is 19.8 Å². The van der Waals surface area contributed by atoms with E-state index in [0.29, 0.717) is 19.8 Å². The summed E-state index contributed by atoms with van der Waals surface area (Å²) in [5.41, 5.74) is 1.27. The molecule has 1 fully saturated rings. The first kappa shape index (κ1) is 11.6. The largest absolute Gasteiger partial charge is 0.388 e. The van der Waals surface area contributed by atoms with Crippen LogP contribution in [0.25, 0.3) is 0 Å². The van der Waals surface area contributed by atoms with Gasteiger partial charge in [0.25, 0.3) is 0 Å². The molecule has 0 aliphatic carbocycles. The average Bonchev–Trinajstić information content (AvgIpc) is 2.33. The summed E-state index contributed by atoms with van der Waals surface area (Å²) >= 11 is 0. The minimum atomic E-state index is -0.468. The Labute approximate surface area is 96.0 Å².